The van der Waals surface area contributed by atoms with Gasteiger partial charge in [0.1, 0.15) is 6.10 Å². The second-order valence-corrected chi connectivity index (χ2v) is 4.51. The van der Waals surface area contributed by atoms with Crippen LogP contribution in [0.5, 0.6) is 0 Å². The maximum atomic E-state index is 11.6. The first kappa shape index (κ1) is 15.7. The summed E-state index contributed by atoms with van der Waals surface area (Å²) in [5.41, 5.74) is 5.16. The van der Waals surface area contributed by atoms with E-state index in [1.807, 2.05) is 0 Å². The van der Waals surface area contributed by atoms with Crippen molar-refractivity contribution in [1.29, 1.82) is 0 Å². The standard InChI is InChI=1S/C11H13Cl2N3O3/c12-6-2-1-3-7(13)10(6)16-9(18)5-15-4-8(17)11(14)19/h1-3,8,15,17H,4-5H2,(H2,14,19)(H,16,18). The number of aliphatic hydroxyl groups is 1. The highest BCUT2D eigenvalue weighted by Crippen LogP contribution is 2.29. The van der Waals surface area contributed by atoms with Gasteiger partial charge in [-0.2, -0.15) is 0 Å². The van der Waals surface area contributed by atoms with Crippen molar-refractivity contribution in [3.8, 4) is 0 Å². The fraction of sp³-hybridized carbons (Fsp3) is 0.273. The van der Waals surface area contributed by atoms with Gasteiger partial charge in [-0.1, -0.05) is 29.3 Å². The molecule has 1 aromatic carbocycles. The zero-order valence-electron chi connectivity index (χ0n) is 9.82. The van der Waals surface area contributed by atoms with Gasteiger partial charge in [-0.05, 0) is 12.1 Å². The number of para-hydroxylation sites is 1. The molecule has 2 amide bonds. The van der Waals surface area contributed by atoms with Crippen LogP contribution in [0.4, 0.5) is 5.69 Å². The van der Waals surface area contributed by atoms with Crippen molar-refractivity contribution in [2.45, 2.75) is 6.10 Å². The summed E-state index contributed by atoms with van der Waals surface area (Å²) >= 11 is 11.8. The third-order valence-corrected chi connectivity index (χ3v) is 2.81. The molecular formula is C11H13Cl2N3O3. The number of nitrogens with two attached hydrogens (primary N) is 1. The van der Waals surface area contributed by atoms with Crippen LogP contribution in [0, 0.1) is 0 Å². The van der Waals surface area contributed by atoms with Crippen LogP contribution in [-0.4, -0.2) is 36.1 Å². The van der Waals surface area contributed by atoms with E-state index in [9.17, 15) is 9.59 Å². The molecule has 0 aliphatic rings. The Labute approximate surface area is 119 Å². The van der Waals surface area contributed by atoms with Crippen molar-refractivity contribution >= 4 is 40.7 Å². The van der Waals surface area contributed by atoms with E-state index in [0.717, 1.165) is 0 Å². The minimum Gasteiger partial charge on any atom is -0.382 e. The lowest BCUT2D eigenvalue weighted by molar-refractivity contribution is -0.126. The van der Waals surface area contributed by atoms with Crippen LogP contribution in [0.2, 0.25) is 10.0 Å². The Morgan fingerprint density at radius 1 is 1.32 bits per heavy atom. The van der Waals surface area contributed by atoms with E-state index in [4.69, 9.17) is 34.0 Å². The molecule has 0 aliphatic carbocycles. The summed E-state index contributed by atoms with van der Waals surface area (Å²) in [5, 5.41) is 14.8. The molecule has 104 valence electrons. The van der Waals surface area contributed by atoms with Crippen LogP contribution >= 0.6 is 23.2 Å². The average molecular weight is 306 g/mol. The molecule has 0 heterocycles. The molecule has 1 atom stereocenters. The number of amides is 2. The number of anilines is 1. The molecule has 0 saturated heterocycles. The highest BCUT2D eigenvalue weighted by Gasteiger charge is 2.12. The summed E-state index contributed by atoms with van der Waals surface area (Å²) in [6, 6.07) is 4.84. The fourth-order valence-electron chi connectivity index (χ4n) is 1.22. The molecule has 0 radical (unpaired) electrons. The zero-order valence-corrected chi connectivity index (χ0v) is 11.3. The van der Waals surface area contributed by atoms with Gasteiger partial charge in [-0.3, -0.25) is 9.59 Å². The number of primary amides is 1. The van der Waals surface area contributed by atoms with Crippen molar-refractivity contribution in [2.24, 2.45) is 5.73 Å². The lowest BCUT2D eigenvalue weighted by Crippen LogP contribution is -2.40. The van der Waals surface area contributed by atoms with Crippen LogP contribution in [0.15, 0.2) is 18.2 Å². The Morgan fingerprint density at radius 3 is 2.42 bits per heavy atom. The molecule has 0 aromatic heterocycles. The Kier molecular flexibility index (Phi) is 6.04. The minimum atomic E-state index is -1.34. The first-order chi connectivity index (χ1) is 8.91. The van der Waals surface area contributed by atoms with Gasteiger partial charge in [-0.15, -0.1) is 0 Å². The normalized spacial score (nSPS) is 11.9. The van der Waals surface area contributed by atoms with E-state index >= 15 is 0 Å². The highest BCUT2D eigenvalue weighted by atomic mass is 35.5. The first-order valence-electron chi connectivity index (χ1n) is 5.33. The predicted molar refractivity (Wildman–Crippen MR) is 73.2 cm³/mol. The number of benzene rings is 1. The van der Waals surface area contributed by atoms with Crippen LogP contribution in [0.25, 0.3) is 0 Å². The van der Waals surface area contributed by atoms with Gasteiger partial charge in [0.15, 0.2) is 0 Å². The molecule has 8 heteroatoms. The summed E-state index contributed by atoms with van der Waals surface area (Å²) in [5.74, 6) is -1.27. The fourth-order valence-corrected chi connectivity index (χ4v) is 1.72. The largest absolute Gasteiger partial charge is 0.382 e. The van der Waals surface area contributed by atoms with E-state index in [0.29, 0.717) is 15.7 Å². The zero-order chi connectivity index (χ0) is 14.4. The maximum Gasteiger partial charge on any atom is 0.247 e. The van der Waals surface area contributed by atoms with Crippen LogP contribution in [-0.2, 0) is 9.59 Å². The highest BCUT2D eigenvalue weighted by molar-refractivity contribution is 6.39. The molecule has 0 spiro atoms. The third kappa shape index (κ3) is 5.04. The van der Waals surface area contributed by atoms with E-state index in [1.165, 1.54) is 0 Å². The molecule has 6 nitrogen and oxygen atoms in total. The molecule has 5 N–H and O–H groups in total. The smallest absolute Gasteiger partial charge is 0.247 e. The van der Waals surface area contributed by atoms with E-state index in [2.05, 4.69) is 10.6 Å². The quantitative estimate of drug-likeness (QED) is 0.609. The van der Waals surface area contributed by atoms with E-state index < -0.39 is 17.9 Å². The van der Waals surface area contributed by atoms with Gasteiger partial charge in [0.05, 0.1) is 22.3 Å². The molecule has 1 unspecified atom stereocenters. The molecule has 19 heavy (non-hydrogen) atoms. The number of halogens is 2. The second-order valence-electron chi connectivity index (χ2n) is 3.69. The number of carbonyl (C=O) groups is 2. The van der Waals surface area contributed by atoms with Crippen LogP contribution < -0.4 is 16.4 Å². The minimum absolute atomic E-state index is 0.112. The summed E-state index contributed by atoms with van der Waals surface area (Å²) in [6.07, 6.45) is -1.34. The Bertz CT molecular complexity index is 462. The lowest BCUT2D eigenvalue weighted by Gasteiger charge is -2.11. The lowest BCUT2D eigenvalue weighted by atomic mass is 10.3. The number of hydrogen-bond acceptors (Lipinski definition) is 4. The summed E-state index contributed by atoms with van der Waals surface area (Å²) < 4.78 is 0. The van der Waals surface area contributed by atoms with Crippen LogP contribution in [0.1, 0.15) is 0 Å². The summed E-state index contributed by atoms with van der Waals surface area (Å²) in [7, 11) is 0. The number of aliphatic hydroxyl groups excluding tert-OH is 1. The SMILES string of the molecule is NC(=O)C(O)CNCC(=O)Nc1c(Cl)cccc1Cl. The molecule has 0 aliphatic heterocycles. The maximum absolute atomic E-state index is 11.6. The predicted octanol–water partition coefficient (Wildman–Crippen LogP) is 0.368. The van der Waals surface area contributed by atoms with Gasteiger partial charge in [0.2, 0.25) is 11.8 Å². The topological polar surface area (TPSA) is 104 Å². The van der Waals surface area contributed by atoms with Gasteiger partial charge in [0.25, 0.3) is 0 Å². The molecule has 0 bridgehead atoms. The van der Waals surface area contributed by atoms with Gasteiger partial charge >= 0.3 is 0 Å². The molecular weight excluding hydrogens is 293 g/mol. The number of hydrogen-bond donors (Lipinski definition) is 4. The molecule has 1 rings (SSSR count). The van der Waals surface area contributed by atoms with Crippen molar-refractivity contribution < 1.29 is 14.7 Å². The first-order valence-corrected chi connectivity index (χ1v) is 6.09. The van der Waals surface area contributed by atoms with Crippen LogP contribution in [0.3, 0.4) is 0 Å². The van der Waals surface area contributed by atoms with Crippen molar-refractivity contribution in [3.63, 3.8) is 0 Å². The molecule has 0 saturated carbocycles. The van der Waals surface area contributed by atoms with E-state index in [1.54, 1.807) is 18.2 Å². The Balaban J connectivity index is 2.46. The Morgan fingerprint density at radius 2 is 1.89 bits per heavy atom. The number of carbonyl (C=O) groups excluding carboxylic acids is 2. The third-order valence-electron chi connectivity index (χ3n) is 2.18. The second kappa shape index (κ2) is 7.30. The summed E-state index contributed by atoms with van der Waals surface area (Å²) in [6.45, 7) is -0.231. The van der Waals surface area contributed by atoms with Gasteiger partial charge in [-0.25, -0.2) is 0 Å². The molecule has 0 fully saturated rings. The van der Waals surface area contributed by atoms with Gasteiger partial charge < -0.3 is 21.5 Å². The van der Waals surface area contributed by atoms with Crippen molar-refractivity contribution in [3.05, 3.63) is 28.2 Å². The average Bonchev–Trinajstić information content (AvgIpc) is 2.33. The van der Waals surface area contributed by atoms with Crippen molar-refractivity contribution in [1.82, 2.24) is 5.32 Å². The van der Waals surface area contributed by atoms with Gasteiger partial charge in [0, 0.05) is 6.54 Å². The summed E-state index contributed by atoms with van der Waals surface area (Å²) in [4.78, 5) is 22.1. The Hall–Kier alpha value is -1.34. The van der Waals surface area contributed by atoms with Crippen molar-refractivity contribution in [2.75, 3.05) is 18.4 Å². The number of nitrogens with one attached hydrogen (secondary N) is 2. The number of rotatable bonds is 6. The molecule has 1 aromatic rings. The monoisotopic (exact) mass is 305 g/mol. The van der Waals surface area contributed by atoms with E-state index in [-0.39, 0.29) is 13.1 Å².